The highest BCUT2D eigenvalue weighted by molar-refractivity contribution is 7.80. The van der Waals surface area contributed by atoms with Gasteiger partial charge in [0.25, 0.3) is 0 Å². The first kappa shape index (κ1) is 19.2. The topological polar surface area (TPSA) is 46.0 Å². The average molecular weight is 418 g/mol. The normalized spacial score (nSPS) is 21.9. The van der Waals surface area contributed by atoms with E-state index in [0.717, 1.165) is 16.5 Å². The third kappa shape index (κ3) is 3.19. The highest BCUT2D eigenvalue weighted by Crippen LogP contribution is 2.44. The van der Waals surface area contributed by atoms with Gasteiger partial charge in [-0.25, -0.2) is 0 Å². The van der Waals surface area contributed by atoms with Crippen LogP contribution in [0, 0.1) is 13.8 Å². The Bertz CT molecular complexity index is 1040. The Balaban J connectivity index is 1.64. The van der Waals surface area contributed by atoms with Crippen LogP contribution in [-0.4, -0.2) is 30.6 Å². The van der Waals surface area contributed by atoms with Crippen LogP contribution in [0.4, 0.5) is 0 Å². The predicted octanol–water partition coefficient (Wildman–Crippen LogP) is 4.80. The van der Waals surface area contributed by atoms with Crippen LogP contribution < -0.4 is 5.32 Å². The first-order valence-corrected chi connectivity index (χ1v) is 11.1. The van der Waals surface area contributed by atoms with E-state index in [1.807, 2.05) is 30.7 Å². The molecule has 3 aromatic rings. The Hall–Kier alpha value is -2.73. The van der Waals surface area contributed by atoms with Gasteiger partial charge in [0.1, 0.15) is 0 Å². The summed E-state index contributed by atoms with van der Waals surface area (Å²) in [5.74, 6) is 0. The molecular weight excluding hydrogens is 390 g/mol. The number of thiocarbonyl (C=S) groups is 1. The van der Waals surface area contributed by atoms with Gasteiger partial charge in [0.15, 0.2) is 5.11 Å². The molecule has 2 atom stereocenters. The second kappa shape index (κ2) is 7.84. The molecule has 0 unspecified atom stereocenters. The first-order chi connectivity index (χ1) is 14.6. The van der Waals surface area contributed by atoms with E-state index in [1.165, 1.54) is 42.6 Å². The lowest BCUT2D eigenvalue weighted by molar-refractivity contribution is 0.245. The molecule has 0 amide bonds. The van der Waals surface area contributed by atoms with Crippen LogP contribution in [0.3, 0.4) is 0 Å². The van der Waals surface area contributed by atoms with Crippen molar-refractivity contribution < 1.29 is 0 Å². The summed E-state index contributed by atoms with van der Waals surface area (Å²) in [5, 5.41) is 4.47. The van der Waals surface area contributed by atoms with Crippen molar-refractivity contribution in [3.05, 3.63) is 77.6 Å². The largest absolute Gasteiger partial charge is 0.352 e. The molecule has 2 aliphatic rings. The van der Waals surface area contributed by atoms with Crippen molar-refractivity contribution in [1.29, 1.82) is 0 Å². The maximum atomic E-state index is 5.88. The highest BCUT2D eigenvalue weighted by atomic mass is 32.1. The van der Waals surface area contributed by atoms with Crippen LogP contribution >= 0.6 is 12.2 Å². The van der Waals surface area contributed by atoms with Gasteiger partial charge in [0, 0.05) is 29.8 Å². The maximum absolute atomic E-state index is 5.88. The molecular formula is C24H27N5S. The maximum Gasteiger partial charge on any atom is 0.170 e. The van der Waals surface area contributed by atoms with E-state index in [9.17, 15) is 0 Å². The summed E-state index contributed by atoms with van der Waals surface area (Å²) in [6.07, 6.45) is 10.6. The summed E-state index contributed by atoms with van der Waals surface area (Å²) in [7, 11) is 0. The van der Waals surface area contributed by atoms with Gasteiger partial charge >= 0.3 is 0 Å². The van der Waals surface area contributed by atoms with Crippen LogP contribution in [0.25, 0.3) is 5.69 Å². The number of rotatable bonds is 4. The third-order valence-corrected chi connectivity index (χ3v) is 6.88. The lowest BCUT2D eigenvalue weighted by Crippen LogP contribution is -2.37. The van der Waals surface area contributed by atoms with Gasteiger partial charge in [-0.05, 0) is 74.8 Å². The Labute approximate surface area is 183 Å². The Morgan fingerprint density at radius 3 is 2.60 bits per heavy atom. The molecule has 5 nitrogen and oxygen atoms in total. The summed E-state index contributed by atoms with van der Waals surface area (Å²) < 4.78 is 2.30. The Kier molecular flexibility index (Phi) is 5.03. The van der Waals surface area contributed by atoms with E-state index < -0.39 is 0 Å². The van der Waals surface area contributed by atoms with E-state index in [2.05, 4.69) is 62.9 Å². The molecule has 1 saturated heterocycles. The van der Waals surface area contributed by atoms with Crippen molar-refractivity contribution in [3.63, 3.8) is 0 Å². The zero-order valence-corrected chi connectivity index (χ0v) is 18.3. The van der Waals surface area contributed by atoms with E-state index in [4.69, 9.17) is 12.2 Å². The molecule has 30 heavy (non-hydrogen) atoms. The van der Waals surface area contributed by atoms with Crippen molar-refractivity contribution in [2.24, 2.45) is 0 Å². The molecule has 1 aliphatic heterocycles. The van der Waals surface area contributed by atoms with Gasteiger partial charge < -0.3 is 14.8 Å². The minimum atomic E-state index is 0.0437. The number of nitrogens with one attached hydrogen (secondary N) is 1. The van der Waals surface area contributed by atoms with Crippen LogP contribution in [0.1, 0.15) is 60.4 Å². The monoisotopic (exact) mass is 417 g/mol. The molecule has 2 fully saturated rings. The molecule has 6 heteroatoms. The fraction of sp³-hybridized carbons (Fsp3) is 0.375. The second-order valence-electron chi connectivity index (χ2n) is 8.35. The molecule has 3 aromatic heterocycles. The van der Waals surface area contributed by atoms with Crippen LogP contribution in [0.2, 0.25) is 0 Å². The smallest absolute Gasteiger partial charge is 0.170 e. The van der Waals surface area contributed by atoms with Crippen molar-refractivity contribution in [2.45, 2.75) is 57.7 Å². The van der Waals surface area contributed by atoms with Crippen molar-refractivity contribution >= 4 is 17.3 Å². The molecule has 0 aromatic carbocycles. The summed E-state index contributed by atoms with van der Waals surface area (Å²) in [6, 6.07) is 13.2. The zero-order valence-electron chi connectivity index (χ0n) is 17.5. The van der Waals surface area contributed by atoms with E-state index in [1.54, 1.807) is 0 Å². The standard InChI is InChI=1S/C24H27N5S/c1-16-14-20(17(2)28(16)19-10-7-12-25-15-19)23-22(21-11-5-6-13-26-21)27-24(30)29(23)18-8-3-4-9-18/h5-7,10-15,18,22-23H,3-4,8-9H2,1-2H3,(H,27,30)/t22-,23-/m1/s1. The fourth-order valence-electron chi connectivity index (χ4n) is 5.24. The van der Waals surface area contributed by atoms with Crippen molar-refractivity contribution in [1.82, 2.24) is 24.8 Å². The van der Waals surface area contributed by atoms with Gasteiger partial charge in [-0.2, -0.15) is 0 Å². The van der Waals surface area contributed by atoms with Gasteiger partial charge in [0.05, 0.1) is 29.7 Å². The highest BCUT2D eigenvalue weighted by Gasteiger charge is 2.44. The minimum absolute atomic E-state index is 0.0437. The molecule has 1 N–H and O–H groups in total. The number of aryl methyl sites for hydroxylation is 1. The Morgan fingerprint density at radius 2 is 1.90 bits per heavy atom. The van der Waals surface area contributed by atoms with Crippen LogP contribution in [0.15, 0.2) is 55.0 Å². The van der Waals surface area contributed by atoms with Gasteiger partial charge in [-0.15, -0.1) is 0 Å². The lowest BCUT2D eigenvalue weighted by Gasteiger charge is -2.33. The van der Waals surface area contributed by atoms with Crippen LogP contribution in [0.5, 0.6) is 0 Å². The quantitative estimate of drug-likeness (QED) is 0.618. The van der Waals surface area contributed by atoms with E-state index in [0.29, 0.717) is 6.04 Å². The number of pyridine rings is 2. The summed E-state index contributed by atoms with van der Waals surface area (Å²) in [6.45, 7) is 4.37. The number of hydrogen-bond acceptors (Lipinski definition) is 3. The molecule has 1 aliphatic carbocycles. The number of aromatic nitrogens is 3. The van der Waals surface area contributed by atoms with E-state index >= 15 is 0 Å². The number of hydrogen-bond donors (Lipinski definition) is 1. The molecule has 4 heterocycles. The molecule has 0 spiro atoms. The molecule has 0 bridgehead atoms. The minimum Gasteiger partial charge on any atom is -0.352 e. The van der Waals surface area contributed by atoms with Crippen molar-refractivity contribution in [3.8, 4) is 5.69 Å². The third-order valence-electron chi connectivity index (χ3n) is 6.55. The lowest BCUT2D eigenvalue weighted by atomic mass is 9.95. The molecule has 0 radical (unpaired) electrons. The van der Waals surface area contributed by atoms with Crippen LogP contribution in [-0.2, 0) is 0 Å². The van der Waals surface area contributed by atoms with Gasteiger partial charge in [-0.1, -0.05) is 18.9 Å². The number of nitrogens with zero attached hydrogens (tertiary/aromatic N) is 4. The van der Waals surface area contributed by atoms with Gasteiger partial charge in [-0.3, -0.25) is 9.97 Å². The average Bonchev–Trinajstić information content (AvgIpc) is 3.47. The zero-order chi connectivity index (χ0) is 20.7. The SMILES string of the molecule is Cc1cc([C@@H]2[C@@H](c3ccccn3)NC(=S)N2C2CCCC2)c(C)n1-c1cccnc1. The summed E-state index contributed by atoms with van der Waals surface area (Å²) in [4.78, 5) is 11.5. The fourth-order valence-corrected chi connectivity index (χ4v) is 5.63. The van der Waals surface area contributed by atoms with E-state index in [-0.39, 0.29) is 12.1 Å². The summed E-state index contributed by atoms with van der Waals surface area (Å²) >= 11 is 5.88. The molecule has 1 saturated carbocycles. The molecule has 5 rings (SSSR count). The summed E-state index contributed by atoms with van der Waals surface area (Å²) in [5.41, 5.74) is 5.89. The predicted molar refractivity (Wildman–Crippen MR) is 123 cm³/mol. The second-order valence-corrected chi connectivity index (χ2v) is 8.73. The van der Waals surface area contributed by atoms with Gasteiger partial charge in [0.2, 0.25) is 0 Å². The molecule has 154 valence electrons. The Morgan fingerprint density at radius 1 is 1.07 bits per heavy atom. The van der Waals surface area contributed by atoms with Crippen molar-refractivity contribution in [2.75, 3.05) is 0 Å². The first-order valence-electron chi connectivity index (χ1n) is 10.7.